The molecule has 2 nitrogen and oxygen atoms in total. The van der Waals surface area contributed by atoms with Crippen molar-refractivity contribution in [3.8, 4) is 0 Å². The predicted octanol–water partition coefficient (Wildman–Crippen LogP) is 2.60. The Hall–Kier alpha value is -0.790. The van der Waals surface area contributed by atoms with Crippen LogP contribution >= 0.6 is 0 Å². The third-order valence-corrected chi connectivity index (χ3v) is 1.93. The standard InChI is InChI=1S/C11H21NO/c1-5-7-9-12(8-6-2)11(13)10(3)4/h3,5-9H2,1-2,4H3. The Bertz CT molecular complexity index is 175. The van der Waals surface area contributed by atoms with Crippen LogP contribution in [0.15, 0.2) is 12.2 Å². The average molecular weight is 183 g/mol. The largest absolute Gasteiger partial charge is 0.339 e. The molecule has 0 bridgehead atoms. The fourth-order valence-electron chi connectivity index (χ4n) is 1.20. The molecule has 2 heteroatoms. The van der Waals surface area contributed by atoms with Crippen LogP contribution in [0.2, 0.25) is 0 Å². The molecule has 0 aromatic heterocycles. The lowest BCUT2D eigenvalue weighted by Crippen LogP contribution is -2.32. The van der Waals surface area contributed by atoms with Crippen LogP contribution in [0.1, 0.15) is 40.0 Å². The molecule has 0 heterocycles. The first-order valence-corrected chi connectivity index (χ1v) is 5.08. The summed E-state index contributed by atoms with van der Waals surface area (Å²) in [5.41, 5.74) is 0.643. The third kappa shape index (κ3) is 4.71. The number of nitrogens with zero attached hydrogens (tertiary/aromatic N) is 1. The maximum absolute atomic E-state index is 11.6. The second kappa shape index (κ2) is 6.70. The Balaban J connectivity index is 4.06. The van der Waals surface area contributed by atoms with Crippen LogP contribution in [0.25, 0.3) is 0 Å². The molecule has 0 aliphatic rings. The first-order chi connectivity index (χ1) is 6.13. The fourth-order valence-corrected chi connectivity index (χ4v) is 1.20. The van der Waals surface area contributed by atoms with Gasteiger partial charge in [0, 0.05) is 18.7 Å². The summed E-state index contributed by atoms with van der Waals surface area (Å²) in [7, 11) is 0. The molecule has 0 unspecified atom stereocenters. The van der Waals surface area contributed by atoms with Crippen molar-refractivity contribution in [2.75, 3.05) is 13.1 Å². The number of hydrogen-bond donors (Lipinski definition) is 0. The molecule has 0 saturated heterocycles. The summed E-state index contributed by atoms with van der Waals surface area (Å²) < 4.78 is 0. The van der Waals surface area contributed by atoms with Crippen molar-refractivity contribution in [2.45, 2.75) is 40.0 Å². The summed E-state index contributed by atoms with van der Waals surface area (Å²) in [5.74, 6) is 0.107. The molecule has 0 aliphatic carbocycles. The summed E-state index contributed by atoms with van der Waals surface area (Å²) >= 11 is 0. The highest BCUT2D eigenvalue weighted by Crippen LogP contribution is 2.02. The lowest BCUT2D eigenvalue weighted by Gasteiger charge is -2.21. The van der Waals surface area contributed by atoms with E-state index in [4.69, 9.17) is 0 Å². The lowest BCUT2D eigenvalue weighted by molar-refractivity contribution is -0.127. The predicted molar refractivity (Wildman–Crippen MR) is 56.6 cm³/mol. The van der Waals surface area contributed by atoms with E-state index in [0.717, 1.165) is 32.4 Å². The molecule has 0 aromatic carbocycles. The number of unbranched alkanes of at least 4 members (excludes halogenated alkanes) is 1. The Morgan fingerprint density at radius 2 is 1.85 bits per heavy atom. The average Bonchev–Trinajstić information content (AvgIpc) is 2.11. The molecule has 1 amide bonds. The van der Waals surface area contributed by atoms with Crippen LogP contribution < -0.4 is 0 Å². The van der Waals surface area contributed by atoms with Gasteiger partial charge >= 0.3 is 0 Å². The summed E-state index contributed by atoms with van der Waals surface area (Å²) in [4.78, 5) is 13.5. The van der Waals surface area contributed by atoms with E-state index in [-0.39, 0.29) is 5.91 Å². The fraction of sp³-hybridized carbons (Fsp3) is 0.727. The van der Waals surface area contributed by atoms with Gasteiger partial charge in [-0.05, 0) is 19.8 Å². The topological polar surface area (TPSA) is 20.3 Å². The summed E-state index contributed by atoms with van der Waals surface area (Å²) in [6, 6.07) is 0. The van der Waals surface area contributed by atoms with Gasteiger partial charge in [0.25, 0.3) is 0 Å². The third-order valence-electron chi connectivity index (χ3n) is 1.93. The molecule has 0 fully saturated rings. The molecular formula is C11H21NO. The van der Waals surface area contributed by atoms with Crippen molar-refractivity contribution in [3.63, 3.8) is 0 Å². The Morgan fingerprint density at radius 1 is 1.23 bits per heavy atom. The summed E-state index contributed by atoms with van der Waals surface area (Å²) in [5, 5.41) is 0. The van der Waals surface area contributed by atoms with Gasteiger partial charge in [0.05, 0.1) is 0 Å². The maximum Gasteiger partial charge on any atom is 0.248 e. The Morgan fingerprint density at radius 3 is 2.23 bits per heavy atom. The zero-order valence-electron chi connectivity index (χ0n) is 9.10. The van der Waals surface area contributed by atoms with Gasteiger partial charge in [-0.3, -0.25) is 4.79 Å². The van der Waals surface area contributed by atoms with E-state index in [1.54, 1.807) is 6.92 Å². The molecule has 0 saturated carbocycles. The van der Waals surface area contributed by atoms with E-state index >= 15 is 0 Å². The van der Waals surface area contributed by atoms with Crippen molar-refractivity contribution in [1.29, 1.82) is 0 Å². The van der Waals surface area contributed by atoms with Gasteiger partial charge in [-0.1, -0.05) is 26.8 Å². The first-order valence-electron chi connectivity index (χ1n) is 5.08. The molecule has 13 heavy (non-hydrogen) atoms. The number of hydrogen-bond acceptors (Lipinski definition) is 1. The highest BCUT2D eigenvalue weighted by atomic mass is 16.2. The van der Waals surface area contributed by atoms with E-state index in [1.165, 1.54) is 0 Å². The first kappa shape index (κ1) is 12.2. The Labute approximate surface area is 81.6 Å². The molecule has 76 valence electrons. The maximum atomic E-state index is 11.6. The SMILES string of the molecule is C=C(C)C(=O)N(CCC)CCCC. The van der Waals surface area contributed by atoms with Crippen molar-refractivity contribution in [2.24, 2.45) is 0 Å². The van der Waals surface area contributed by atoms with Gasteiger partial charge < -0.3 is 4.90 Å². The van der Waals surface area contributed by atoms with E-state index in [0.29, 0.717) is 5.57 Å². The van der Waals surface area contributed by atoms with Crippen LogP contribution in [-0.4, -0.2) is 23.9 Å². The molecule has 0 atom stereocenters. The van der Waals surface area contributed by atoms with Gasteiger partial charge in [0.1, 0.15) is 0 Å². The van der Waals surface area contributed by atoms with Gasteiger partial charge in [-0.2, -0.15) is 0 Å². The number of carbonyl (C=O) groups excluding carboxylic acids is 1. The number of rotatable bonds is 6. The molecule has 0 N–H and O–H groups in total. The minimum absolute atomic E-state index is 0.107. The van der Waals surface area contributed by atoms with Crippen LogP contribution in [0.5, 0.6) is 0 Å². The molecule has 0 aromatic rings. The second-order valence-electron chi connectivity index (χ2n) is 3.43. The molecule has 0 rings (SSSR count). The molecule has 0 radical (unpaired) electrons. The zero-order chi connectivity index (χ0) is 10.3. The molecular weight excluding hydrogens is 162 g/mol. The Kier molecular flexibility index (Phi) is 6.29. The van der Waals surface area contributed by atoms with Gasteiger partial charge in [0.15, 0.2) is 0 Å². The minimum Gasteiger partial charge on any atom is -0.339 e. The van der Waals surface area contributed by atoms with E-state index in [9.17, 15) is 4.79 Å². The monoisotopic (exact) mass is 183 g/mol. The molecule has 0 spiro atoms. The highest BCUT2D eigenvalue weighted by molar-refractivity contribution is 5.92. The normalized spacial score (nSPS) is 9.77. The van der Waals surface area contributed by atoms with Crippen LogP contribution in [-0.2, 0) is 4.79 Å². The quantitative estimate of drug-likeness (QED) is 0.580. The summed E-state index contributed by atoms with van der Waals surface area (Å²) in [6.45, 7) is 11.4. The van der Waals surface area contributed by atoms with Crippen molar-refractivity contribution < 1.29 is 4.79 Å². The number of carbonyl (C=O) groups is 1. The number of amides is 1. The summed E-state index contributed by atoms with van der Waals surface area (Å²) in [6.07, 6.45) is 3.23. The highest BCUT2D eigenvalue weighted by Gasteiger charge is 2.11. The van der Waals surface area contributed by atoms with Crippen molar-refractivity contribution >= 4 is 5.91 Å². The van der Waals surface area contributed by atoms with Crippen LogP contribution in [0, 0.1) is 0 Å². The molecule has 0 aliphatic heterocycles. The van der Waals surface area contributed by atoms with E-state index in [2.05, 4.69) is 20.4 Å². The zero-order valence-corrected chi connectivity index (χ0v) is 9.10. The van der Waals surface area contributed by atoms with E-state index < -0.39 is 0 Å². The lowest BCUT2D eigenvalue weighted by atomic mass is 10.2. The van der Waals surface area contributed by atoms with Crippen molar-refractivity contribution in [1.82, 2.24) is 4.90 Å². The smallest absolute Gasteiger partial charge is 0.248 e. The van der Waals surface area contributed by atoms with Crippen molar-refractivity contribution in [3.05, 3.63) is 12.2 Å². The van der Waals surface area contributed by atoms with Gasteiger partial charge in [0.2, 0.25) is 5.91 Å². The second-order valence-corrected chi connectivity index (χ2v) is 3.43. The van der Waals surface area contributed by atoms with Gasteiger partial charge in [-0.15, -0.1) is 0 Å². The van der Waals surface area contributed by atoms with Gasteiger partial charge in [-0.25, -0.2) is 0 Å². The van der Waals surface area contributed by atoms with Crippen LogP contribution in [0.3, 0.4) is 0 Å². The van der Waals surface area contributed by atoms with Crippen LogP contribution in [0.4, 0.5) is 0 Å². The van der Waals surface area contributed by atoms with E-state index in [1.807, 2.05) is 4.90 Å². The minimum atomic E-state index is 0.107.